The quantitative estimate of drug-likeness (QED) is 0.853. The van der Waals surface area contributed by atoms with Gasteiger partial charge in [0.15, 0.2) is 0 Å². The van der Waals surface area contributed by atoms with Crippen molar-refractivity contribution in [1.82, 2.24) is 0 Å². The minimum Gasteiger partial charge on any atom is -0.461 e. The van der Waals surface area contributed by atoms with E-state index in [1.54, 1.807) is 0 Å². The van der Waals surface area contributed by atoms with E-state index in [-0.39, 0.29) is 6.04 Å². The average molecular weight is 271 g/mol. The lowest BCUT2D eigenvalue weighted by Crippen LogP contribution is -2.18. The summed E-state index contributed by atoms with van der Waals surface area (Å²) in [5.41, 5.74) is 8.80. The smallest absolute Gasteiger partial charge is 0.134 e. The van der Waals surface area contributed by atoms with Gasteiger partial charge in [-0.1, -0.05) is 57.2 Å². The summed E-state index contributed by atoms with van der Waals surface area (Å²) in [5.74, 6) is 1.88. The zero-order chi connectivity index (χ0) is 13.9. The van der Waals surface area contributed by atoms with E-state index in [9.17, 15) is 0 Å². The van der Waals surface area contributed by atoms with Gasteiger partial charge in [0.25, 0.3) is 0 Å². The van der Waals surface area contributed by atoms with E-state index in [0.29, 0.717) is 0 Å². The summed E-state index contributed by atoms with van der Waals surface area (Å²) in [6.45, 7) is 2.15. The lowest BCUT2D eigenvalue weighted by molar-refractivity contribution is 0.318. The minimum absolute atomic E-state index is 0.122. The highest BCUT2D eigenvalue weighted by Crippen LogP contribution is 2.36. The highest BCUT2D eigenvalue weighted by atomic mass is 16.3. The molecule has 2 N–H and O–H groups in total. The highest BCUT2D eigenvalue weighted by molar-refractivity contribution is 5.82. The maximum absolute atomic E-state index is 6.55. The lowest BCUT2D eigenvalue weighted by atomic mass is 9.83. The minimum atomic E-state index is 0.122. The Kier molecular flexibility index (Phi) is 4.11. The summed E-state index contributed by atoms with van der Waals surface area (Å²) in [4.78, 5) is 0. The first-order valence-electron chi connectivity index (χ1n) is 8.05. The van der Waals surface area contributed by atoms with Gasteiger partial charge in [-0.15, -0.1) is 0 Å². The van der Waals surface area contributed by atoms with Crippen molar-refractivity contribution in [2.45, 2.75) is 57.9 Å². The molecule has 1 saturated carbocycles. The second-order valence-electron chi connectivity index (χ2n) is 6.13. The Morgan fingerprint density at radius 1 is 1.20 bits per heavy atom. The van der Waals surface area contributed by atoms with E-state index in [2.05, 4.69) is 19.1 Å². The number of rotatable bonds is 4. The van der Waals surface area contributed by atoms with Crippen LogP contribution in [0.1, 0.15) is 62.8 Å². The molecule has 1 aromatic carbocycles. The molecule has 20 heavy (non-hydrogen) atoms. The lowest BCUT2D eigenvalue weighted by Gasteiger charge is -2.24. The van der Waals surface area contributed by atoms with E-state index in [1.165, 1.54) is 43.1 Å². The third-order valence-electron chi connectivity index (χ3n) is 4.71. The molecule has 2 aromatic rings. The largest absolute Gasteiger partial charge is 0.461 e. The molecule has 3 rings (SSSR count). The summed E-state index contributed by atoms with van der Waals surface area (Å²) in [7, 11) is 0. The normalized spacial score (nSPS) is 18.5. The van der Waals surface area contributed by atoms with Gasteiger partial charge in [0.2, 0.25) is 0 Å². The first kappa shape index (κ1) is 13.7. The zero-order valence-electron chi connectivity index (χ0n) is 12.4. The second kappa shape index (κ2) is 6.01. The second-order valence-corrected chi connectivity index (χ2v) is 6.13. The van der Waals surface area contributed by atoms with Crippen LogP contribution in [0.3, 0.4) is 0 Å². The van der Waals surface area contributed by atoms with E-state index < -0.39 is 0 Å². The van der Waals surface area contributed by atoms with Crippen LogP contribution >= 0.6 is 0 Å². The molecule has 1 aliphatic carbocycles. The fraction of sp³-hybridized carbons (Fsp3) is 0.556. The third kappa shape index (κ3) is 2.62. The van der Waals surface area contributed by atoms with Gasteiger partial charge in [-0.2, -0.15) is 0 Å². The number of hydrogen-bond acceptors (Lipinski definition) is 2. The molecule has 1 aromatic heterocycles. The van der Waals surface area contributed by atoms with Crippen molar-refractivity contribution in [3.8, 4) is 0 Å². The van der Waals surface area contributed by atoms with Crippen molar-refractivity contribution in [3.63, 3.8) is 0 Å². The Hall–Kier alpha value is -1.28. The molecule has 0 aliphatic heterocycles. The Bertz CT molecular complexity index is 566. The molecule has 1 atom stereocenters. The van der Waals surface area contributed by atoms with Gasteiger partial charge in [0.05, 0.1) is 0 Å². The van der Waals surface area contributed by atoms with E-state index in [0.717, 1.165) is 30.1 Å². The fourth-order valence-corrected chi connectivity index (χ4v) is 3.69. The summed E-state index contributed by atoms with van der Waals surface area (Å²) in [5, 5.41) is 1.22. The monoisotopic (exact) mass is 271 g/mol. The maximum atomic E-state index is 6.55. The molecule has 1 heterocycles. The van der Waals surface area contributed by atoms with Gasteiger partial charge in [0.1, 0.15) is 11.3 Å². The maximum Gasteiger partial charge on any atom is 0.134 e. The average Bonchev–Trinajstić information content (AvgIpc) is 2.86. The predicted octanol–water partition coefficient (Wildman–Crippen LogP) is 4.97. The van der Waals surface area contributed by atoms with Crippen molar-refractivity contribution < 1.29 is 4.42 Å². The molecule has 108 valence electrons. The van der Waals surface area contributed by atoms with Crippen LogP contribution in [0.15, 0.2) is 28.7 Å². The first-order chi connectivity index (χ1) is 9.79. The molecule has 1 fully saturated rings. The van der Waals surface area contributed by atoms with Gasteiger partial charge in [-0.25, -0.2) is 0 Å². The molecule has 0 radical (unpaired) electrons. The van der Waals surface area contributed by atoms with Crippen LogP contribution in [0.2, 0.25) is 0 Å². The van der Waals surface area contributed by atoms with Crippen molar-refractivity contribution in [2.24, 2.45) is 11.7 Å². The van der Waals surface area contributed by atoms with Crippen molar-refractivity contribution in [1.29, 1.82) is 0 Å². The highest BCUT2D eigenvalue weighted by Gasteiger charge is 2.23. The van der Waals surface area contributed by atoms with Crippen LogP contribution in [0.5, 0.6) is 0 Å². The Labute approximate surface area is 121 Å². The standard InChI is InChI=1S/C18H25NO/c1-2-16-18(14-10-6-7-11-17(14)20-16)15(19)12-13-8-4-3-5-9-13/h6-7,10-11,13,15H,2-5,8-9,12,19H2,1H3. The van der Waals surface area contributed by atoms with Crippen LogP contribution in [-0.4, -0.2) is 0 Å². The number of hydrogen-bond donors (Lipinski definition) is 1. The summed E-state index contributed by atoms with van der Waals surface area (Å²) < 4.78 is 5.98. The number of benzene rings is 1. The van der Waals surface area contributed by atoms with Gasteiger partial charge in [-0.3, -0.25) is 0 Å². The van der Waals surface area contributed by atoms with Crippen LogP contribution in [0.25, 0.3) is 11.0 Å². The van der Waals surface area contributed by atoms with Gasteiger partial charge in [0, 0.05) is 23.4 Å². The van der Waals surface area contributed by atoms with E-state index in [4.69, 9.17) is 10.2 Å². The first-order valence-corrected chi connectivity index (χ1v) is 8.05. The van der Waals surface area contributed by atoms with Gasteiger partial charge < -0.3 is 10.2 Å². The molecule has 0 amide bonds. The number of aryl methyl sites for hydroxylation is 1. The number of fused-ring (bicyclic) bond motifs is 1. The molecular formula is C18H25NO. The number of para-hydroxylation sites is 1. The molecule has 2 nitrogen and oxygen atoms in total. The number of furan rings is 1. The van der Waals surface area contributed by atoms with Crippen LogP contribution in [0, 0.1) is 5.92 Å². The molecule has 0 spiro atoms. The molecular weight excluding hydrogens is 246 g/mol. The molecule has 1 unspecified atom stereocenters. The predicted molar refractivity (Wildman–Crippen MR) is 83.7 cm³/mol. The molecule has 1 aliphatic rings. The third-order valence-corrected chi connectivity index (χ3v) is 4.71. The number of nitrogens with two attached hydrogens (primary N) is 1. The molecule has 2 heteroatoms. The fourth-order valence-electron chi connectivity index (χ4n) is 3.69. The van der Waals surface area contributed by atoms with Crippen molar-refractivity contribution in [3.05, 3.63) is 35.6 Å². The topological polar surface area (TPSA) is 39.2 Å². The van der Waals surface area contributed by atoms with Crippen molar-refractivity contribution >= 4 is 11.0 Å². The van der Waals surface area contributed by atoms with Crippen LogP contribution in [-0.2, 0) is 6.42 Å². The SMILES string of the molecule is CCc1oc2ccccc2c1C(N)CC1CCCCC1. The summed E-state index contributed by atoms with van der Waals surface area (Å²) >= 11 is 0. The summed E-state index contributed by atoms with van der Waals surface area (Å²) in [6.07, 6.45) is 8.89. The Balaban J connectivity index is 1.87. The van der Waals surface area contributed by atoms with Gasteiger partial charge >= 0.3 is 0 Å². The van der Waals surface area contributed by atoms with Gasteiger partial charge in [-0.05, 0) is 18.4 Å². The van der Waals surface area contributed by atoms with E-state index >= 15 is 0 Å². The van der Waals surface area contributed by atoms with E-state index in [1.807, 2.05) is 12.1 Å². The van der Waals surface area contributed by atoms with Crippen LogP contribution < -0.4 is 5.73 Å². The Morgan fingerprint density at radius 3 is 2.70 bits per heavy atom. The molecule has 0 saturated heterocycles. The molecule has 0 bridgehead atoms. The van der Waals surface area contributed by atoms with Crippen LogP contribution in [0.4, 0.5) is 0 Å². The Morgan fingerprint density at radius 2 is 1.95 bits per heavy atom. The summed E-state index contributed by atoms with van der Waals surface area (Å²) in [6, 6.07) is 8.42. The van der Waals surface area contributed by atoms with Crippen molar-refractivity contribution in [2.75, 3.05) is 0 Å². The zero-order valence-corrected chi connectivity index (χ0v) is 12.4.